The molecule has 0 saturated carbocycles. The number of rotatable bonds is 1. The lowest BCUT2D eigenvalue weighted by atomic mass is 10.3. The van der Waals surface area contributed by atoms with Crippen LogP contribution in [-0.4, -0.2) is 35.5 Å². The van der Waals surface area contributed by atoms with Gasteiger partial charge in [-0.05, 0) is 0 Å². The minimum absolute atomic E-state index is 0.00845. The minimum Gasteiger partial charge on any atom is -0.353 e. The molecular formula is C10H10N4O. The van der Waals surface area contributed by atoms with Crippen LogP contribution in [0.4, 0.5) is 5.95 Å². The van der Waals surface area contributed by atoms with Crippen molar-refractivity contribution in [1.82, 2.24) is 15.3 Å². The van der Waals surface area contributed by atoms with E-state index in [-0.39, 0.29) is 5.91 Å². The molecule has 0 bridgehead atoms. The summed E-state index contributed by atoms with van der Waals surface area (Å²) >= 11 is 0. The lowest BCUT2D eigenvalue weighted by Crippen LogP contribution is -2.48. The number of amides is 1. The largest absolute Gasteiger partial charge is 0.353 e. The average Bonchev–Trinajstić information content (AvgIpc) is 2.29. The normalized spacial score (nSPS) is 15.7. The van der Waals surface area contributed by atoms with Gasteiger partial charge in [0.25, 0.3) is 0 Å². The Morgan fingerprint density at radius 3 is 2.80 bits per heavy atom. The molecule has 76 valence electrons. The quantitative estimate of drug-likeness (QED) is 0.617. The molecule has 1 amide bonds. The van der Waals surface area contributed by atoms with Crippen LogP contribution < -0.4 is 10.2 Å². The molecule has 5 nitrogen and oxygen atoms in total. The Balaban J connectivity index is 2.15. The van der Waals surface area contributed by atoms with Crippen LogP contribution in [0.3, 0.4) is 0 Å². The van der Waals surface area contributed by atoms with E-state index in [1.54, 1.807) is 12.4 Å². The van der Waals surface area contributed by atoms with Crippen LogP contribution in [0.15, 0.2) is 12.4 Å². The average molecular weight is 202 g/mol. The summed E-state index contributed by atoms with van der Waals surface area (Å²) in [4.78, 5) is 21.1. The number of carbonyl (C=O) groups is 1. The fraction of sp³-hybridized carbons (Fsp3) is 0.300. The first-order chi connectivity index (χ1) is 7.29. The Labute approximate surface area is 87.5 Å². The second kappa shape index (κ2) is 3.96. The van der Waals surface area contributed by atoms with Gasteiger partial charge < -0.3 is 10.2 Å². The molecule has 15 heavy (non-hydrogen) atoms. The monoisotopic (exact) mass is 202 g/mol. The Hall–Kier alpha value is -2.09. The maximum atomic E-state index is 11.1. The van der Waals surface area contributed by atoms with E-state index >= 15 is 0 Å². The van der Waals surface area contributed by atoms with Crippen molar-refractivity contribution in [2.45, 2.75) is 0 Å². The Bertz CT molecular complexity index is 406. The van der Waals surface area contributed by atoms with Crippen LogP contribution in [0.2, 0.25) is 0 Å². The van der Waals surface area contributed by atoms with Gasteiger partial charge in [-0.3, -0.25) is 4.79 Å². The highest BCUT2D eigenvalue weighted by Gasteiger charge is 2.17. The number of nitrogens with zero attached hydrogens (tertiary/aromatic N) is 3. The van der Waals surface area contributed by atoms with E-state index in [4.69, 9.17) is 6.42 Å². The SMILES string of the molecule is C#Cc1cnc(N2CCNC(=O)C2)nc1. The lowest BCUT2D eigenvalue weighted by molar-refractivity contribution is -0.120. The summed E-state index contributed by atoms with van der Waals surface area (Å²) in [5.74, 6) is 2.98. The molecule has 1 aromatic heterocycles. The molecular weight excluding hydrogens is 192 g/mol. The molecule has 5 heteroatoms. The Morgan fingerprint density at radius 1 is 1.47 bits per heavy atom. The number of anilines is 1. The predicted molar refractivity (Wildman–Crippen MR) is 55.2 cm³/mol. The van der Waals surface area contributed by atoms with Crippen molar-refractivity contribution in [3.8, 4) is 12.3 Å². The smallest absolute Gasteiger partial charge is 0.239 e. The fourth-order valence-corrected chi connectivity index (χ4v) is 1.37. The molecule has 0 radical (unpaired) electrons. The van der Waals surface area contributed by atoms with Crippen molar-refractivity contribution in [3.63, 3.8) is 0 Å². The molecule has 1 aromatic rings. The van der Waals surface area contributed by atoms with Crippen LogP contribution in [0.5, 0.6) is 0 Å². The van der Waals surface area contributed by atoms with Crippen LogP contribution in [0.1, 0.15) is 5.56 Å². The zero-order valence-corrected chi connectivity index (χ0v) is 8.10. The summed E-state index contributed by atoms with van der Waals surface area (Å²) < 4.78 is 0. The highest BCUT2D eigenvalue weighted by atomic mass is 16.2. The molecule has 1 aliphatic rings. The topological polar surface area (TPSA) is 58.1 Å². The molecule has 0 unspecified atom stereocenters. The fourth-order valence-electron chi connectivity index (χ4n) is 1.37. The van der Waals surface area contributed by atoms with Crippen molar-refractivity contribution >= 4 is 11.9 Å². The van der Waals surface area contributed by atoms with Gasteiger partial charge in [-0.15, -0.1) is 6.42 Å². The van der Waals surface area contributed by atoms with E-state index in [0.717, 1.165) is 6.54 Å². The number of piperazine rings is 1. The van der Waals surface area contributed by atoms with Crippen molar-refractivity contribution in [3.05, 3.63) is 18.0 Å². The molecule has 0 aliphatic carbocycles. The first kappa shape index (κ1) is 9.46. The maximum absolute atomic E-state index is 11.1. The highest BCUT2D eigenvalue weighted by Crippen LogP contribution is 2.07. The van der Waals surface area contributed by atoms with Crippen molar-refractivity contribution in [2.24, 2.45) is 0 Å². The van der Waals surface area contributed by atoms with E-state index < -0.39 is 0 Å². The van der Waals surface area contributed by atoms with E-state index in [0.29, 0.717) is 24.6 Å². The van der Waals surface area contributed by atoms with Crippen molar-refractivity contribution in [1.29, 1.82) is 0 Å². The second-order valence-electron chi connectivity index (χ2n) is 3.19. The molecule has 0 atom stereocenters. The van der Waals surface area contributed by atoms with Gasteiger partial charge in [0.1, 0.15) is 0 Å². The van der Waals surface area contributed by atoms with Gasteiger partial charge in [0.2, 0.25) is 11.9 Å². The molecule has 1 N–H and O–H groups in total. The number of nitrogens with one attached hydrogen (secondary N) is 1. The number of terminal acetylenes is 1. The summed E-state index contributed by atoms with van der Waals surface area (Å²) in [6.45, 7) is 1.65. The van der Waals surface area contributed by atoms with Crippen molar-refractivity contribution < 1.29 is 4.79 Å². The van der Waals surface area contributed by atoms with Gasteiger partial charge in [0.05, 0.1) is 12.1 Å². The molecule has 1 fully saturated rings. The third-order valence-electron chi connectivity index (χ3n) is 2.13. The zero-order valence-electron chi connectivity index (χ0n) is 8.10. The highest BCUT2D eigenvalue weighted by molar-refractivity contribution is 5.81. The second-order valence-corrected chi connectivity index (χ2v) is 3.19. The zero-order chi connectivity index (χ0) is 10.7. The van der Waals surface area contributed by atoms with E-state index in [2.05, 4.69) is 21.2 Å². The van der Waals surface area contributed by atoms with Gasteiger partial charge in [0, 0.05) is 25.5 Å². The maximum Gasteiger partial charge on any atom is 0.239 e. The Morgan fingerprint density at radius 2 is 2.20 bits per heavy atom. The molecule has 0 aromatic carbocycles. The van der Waals surface area contributed by atoms with Gasteiger partial charge >= 0.3 is 0 Å². The standard InChI is InChI=1S/C10H10N4O/c1-2-8-5-12-10(13-6-8)14-4-3-11-9(15)7-14/h1,5-6H,3-4,7H2,(H,11,15). The summed E-state index contributed by atoms with van der Waals surface area (Å²) in [5, 5.41) is 2.74. The number of aromatic nitrogens is 2. The van der Waals surface area contributed by atoms with Crippen LogP contribution >= 0.6 is 0 Å². The molecule has 1 aliphatic heterocycles. The number of carbonyl (C=O) groups excluding carboxylic acids is 1. The summed E-state index contributed by atoms with van der Waals surface area (Å²) in [6, 6.07) is 0. The third-order valence-corrected chi connectivity index (χ3v) is 2.13. The van der Waals surface area contributed by atoms with Crippen LogP contribution in [0, 0.1) is 12.3 Å². The molecule has 2 heterocycles. The first-order valence-corrected chi connectivity index (χ1v) is 4.60. The van der Waals surface area contributed by atoms with Crippen LogP contribution in [-0.2, 0) is 4.79 Å². The van der Waals surface area contributed by atoms with E-state index in [1.807, 2.05) is 4.90 Å². The van der Waals surface area contributed by atoms with Crippen molar-refractivity contribution in [2.75, 3.05) is 24.5 Å². The first-order valence-electron chi connectivity index (χ1n) is 4.60. The predicted octanol–water partition coefficient (Wildman–Crippen LogP) is -0.606. The molecule has 1 saturated heterocycles. The van der Waals surface area contributed by atoms with Gasteiger partial charge in [-0.1, -0.05) is 5.92 Å². The summed E-state index contributed by atoms with van der Waals surface area (Å²) in [5.41, 5.74) is 0.639. The third kappa shape index (κ3) is 2.05. The number of hydrogen-bond donors (Lipinski definition) is 1. The van der Waals surface area contributed by atoms with Gasteiger partial charge in [-0.2, -0.15) is 0 Å². The summed E-state index contributed by atoms with van der Waals surface area (Å²) in [6.07, 6.45) is 8.35. The molecule has 0 spiro atoms. The summed E-state index contributed by atoms with van der Waals surface area (Å²) in [7, 11) is 0. The van der Waals surface area contributed by atoms with Crippen LogP contribution in [0.25, 0.3) is 0 Å². The lowest BCUT2D eigenvalue weighted by Gasteiger charge is -2.26. The Kier molecular flexibility index (Phi) is 2.50. The minimum atomic E-state index is -0.00845. The molecule has 2 rings (SSSR count). The number of hydrogen-bond acceptors (Lipinski definition) is 4. The van der Waals surface area contributed by atoms with Gasteiger partial charge in [-0.25, -0.2) is 9.97 Å². The van der Waals surface area contributed by atoms with Gasteiger partial charge in [0.15, 0.2) is 0 Å². The van der Waals surface area contributed by atoms with E-state index in [1.165, 1.54) is 0 Å². The van der Waals surface area contributed by atoms with E-state index in [9.17, 15) is 4.79 Å².